The Kier molecular flexibility index (Phi) is 3.95. The second-order valence-corrected chi connectivity index (χ2v) is 5.99. The largest absolute Gasteiger partial charge is 0.359 e. The van der Waals surface area contributed by atoms with E-state index in [1.165, 1.54) is 22.4 Å². The number of para-hydroxylation sites is 1. The van der Waals surface area contributed by atoms with Crippen LogP contribution in [0.4, 0.5) is 5.69 Å². The van der Waals surface area contributed by atoms with E-state index in [9.17, 15) is 0 Å². The van der Waals surface area contributed by atoms with E-state index in [0.29, 0.717) is 6.54 Å². The van der Waals surface area contributed by atoms with Crippen molar-refractivity contribution in [3.05, 3.63) is 65.2 Å². The van der Waals surface area contributed by atoms with Gasteiger partial charge in [-0.05, 0) is 42.9 Å². The Morgan fingerprint density at radius 2 is 1.90 bits per heavy atom. The standard InChI is InChI=1S/C18H23N3/c1-20(2)12-14-8-9-15-13-21(16-6-4-3-5-7-16)18(11-19)17(15)10-14/h3-10,18H,11-13,19H2,1-2H3. The van der Waals surface area contributed by atoms with Gasteiger partial charge in [0.15, 0.2) is 0 Å². The topological polar surface area (TPSA) is 32.5 Å². The summed E-state index contributed by atoms with van der Waals surface area (Å²) >= 11 is 0. The summed E-state index contributed by atoms with van der Waals surface area (Å²) in [4.78, 5) is 4.60. The van der Waals surface area contributed by atoms with Crippen LogP contribution in [0.25, 0.3) is 0 Å². The van der Waals surface area contributed by atoms with Crippen molar-refractivity contribution in [1.29, 1.82) is 0 Å². The first-order valence-electron chi connectivity index (χ1n) is 7.47. The Morgan fingerprint density at radius 1 is 1.14 bits per heavy atom. The number of benzene rings is 2. The van der Waals surface area contributed by atoms with Gasteiger partial charge in [0, 0.05) is 25.3 Å². The number of fused-ring (bicyclic) bond motifs is 1. The van der Waals surface area contributed by atoms with Gasteiger partial charge >= 0.3 is 0 Å². The maximum Gasteiger partial charge on any atom is 0.0672 e. The van der Waals surface area contributed by atoms with Crippen LogP contribution in [0, 0.1) is 0 Å². The Hall–Kier alpha value is -1.84. The molecule has 1 atom stereocenters. The number of rotatable bonds is 4. The first-order chi connectivity index (χ1) is 10.2. The van der Waals surface area contributed by atoms with Gasteiger partial charge in [0.25, 0.3) is 0 Å². The number of nitrogens with zero attached hydrogens (tertiary/aromatic N) is 2. The van der Waals surface area contributed by atoms with Gasteiger partial charge in [-0.2, -0.15) is 0 Å². The SMILES string of the molecule is CN(C)Cc1ccc2c(c1)C(CN)N(c1ccccc1)C2. The van der Waals surface area contributed by atoms with Gasteiger partial charge in [0.05, 0.1) is 6.04 Å². The molecule has 0 amide bonds. The predicted octanol–water partition coefficient (Wildman–Crippen LogP) is 2.77. The van der Waals surface area contributed by atoms with Crippen LogP contribution >= 0.6 is 0 Å². The van der Waals surface area contributed by atoms with Crippen molar-refractivity contribution in [2.24, 2.45) is 5.73 Å². The fourth-order valence-corrected chi connectivity index (χ4v) is 3.17. The van der Waals surface area contributed by atoms with Crippen molar-refractivity contribution < 1.29 is 0 Å². The molecule has 0 bridgehead atoms. The lowest BCUT2D eigenvalue weighted by molar-refractivity contribution is 0.402. The summed E-state index contributed by atoms with van der Waals surface area (Å²) in [5.41, 5.74) is 11.5. The Bertz CT molecular complexity index is 607. The van der Waals surface area contributed by atoms with Crippen molar-refractivity contribution in [2.45, 2.75) is 19.1 Å². The minimum absolute atomic E-state index is 0.282. The minimum Gasteiger partial charge on any atom is -0.359 e. The summed E-state index contributed by atoms with van der Waals surface area (Å²) in [6, 6.07) is 17.7. The molecule has 2 N–H and O–H groups in total. The maximum absolute atomic E-state index is 6.08. The molecular weight excluding hydrogens is 258 g/mol. The normalized spacial score (nSPS) is 17.3. The third-order valence-electron chi connectivity index (χ3n) is 4.10. The van der Waals surface area contributed by atoms with Crippen LogP contribution in [0.2, 0.25) is 0 Å². The summed E-state index contributed by atoms with van der Waals surface area (Å²) < 4.78 is 0. The van der Waals surface area contributed by atoms with Gasteiger partial charge in [-0.1, -0.05) is 36.4 Å². The predicted molar refractivity (Wildman–Crippen MR) is 88.3 cm³/mol. The molecule has 0 saturated carbocycles. The highest BCUT2D eigenvalue weighted by molar-refractivity contribution is 5.55. The summed E-state index contributed by atoms with van der Waals surface area (Å²) in [7, 11) is 4.20. The molecule has 110 valence electrons. The van der Waals surface area contributed by atoms with Crippen molar-refractivity contribution in [2.75, 3.05) is 25.5 Å². The molecule has 0 spiro atoms. The molecule has 3 rings (SSSR count). The fraction of sp³-hybridized carbons (Fsp3) is 0.333. The zero-order valence-corrected chi connectivity index (χ0v) is 12.8. The molecule has 1 heterocycles. The Balaban J connectivity index is 1.93. The van der Waals surface area contributed by atoms with E-state index in [-0.39, 0.29) is 6.04 Å². The maximum atomic E-state index is 6.08. The second-order valence-electron chi connectivity index (χ2n) is 5.99. The van der Waals surface area contributed by atoms with Gasteiger partial charge in [-0.3, -0.25) is 0 Å². The first-order valence-corrected chi connectivity index (χ1v) is 7.47. The average Bonchev–Trinajstić information content (AvgIpc) is 2.85. The lowest BCUT2D eigenvalue weighted by Crippen LogP contribution is -2.27. The lowest BCUT2D eigenvalue weighted by atomic mass is 10.0. The van der Waals surface area contributed by atoms with Gasteiger partial charge in [0.1, 0.15) is 0 Å². The number of hydrogen-bond donors (Lipinski definition) is 1. The number of anilines is 1. The fourth-order valence-electron chi connectivity index (χ4n) is 3.17. The molecular formula is C18H23N3. The van der Waals surface area contributed by atoms with Crippen LogP contribution in [0.5, 0.6) is 0 Å². The molecule has 1 unspecified atom stereocenters. The van der Waals surface area contributed by atoms with Gasteiger partial charge in [0.2, 0.25) is 0 Å². The number of nitrogens with two attached hydrogens (primary N) is 1. The van der Waals surface area contributed by atoms with E-state index in [0.717, 1.165) is 13.1 Å². The quantitative estimate of drug-likeness (QED) is 0.935. The van der Waals surface area contributed by atoms with Crippen molar-refractivity contribution in [3.8, 4) is 0 Å². The van der Waals surface area contributed by atoms with Crippen LogP contribution in [0.3, 0.4) is 0 Å². The van der Waals surface area contributed by atoms with Crippen LogP contribution in [-0.2, 0) is 13.1 Å². The Morgan fingerprint density at radius 3 is 2.57 bits per heavy atom. The zero-order valence-electron chi connectivity index (χ0n) is 12.8. The molecule has 0 fully saturated rings. The van der Waals surface area contributed by atoms with Crippen LogP contribution in [0.15, 0.2) is 48.5 Å². The Labute approximate surface area is 127 Å². The van der Waals surface area contributed by atoms with Crippen molar-refractivity contribution in [3.63, 3.8) is 0 Å². The lowest BCUT2D eigenvalue weighted by Gasteiger charge is -2.26. The third kappa shape index (κ3) is 2.80. The smallest absolute Gasteiger partial charge is 0.0672 e. The third-order valence-corrected chi connectivity index (χ3v) is 4.10. The monoisotopic (exact) mass is 281 g/mol. The molecule has 2 aromatic rings. The van der Waals surface area contributed by atoms with Gasteiger partial charge < -0.3 is 15.5 Å². The van der Waals surface area contributed by atoms with E-state index in [4.69, 9.17) is 5.73 Å². The van der Waals surface area contributed by atoms with Gasteiger partial charge in [-0.25, -0.2) is 0 Å². The molecule has 3 heteroatoms. The molecule has 0 aromatic heterocycles. The molecule has 21 heavy (non-hydrogen) atoms. The van der Waals surface area contributed by atoms with E-state index in [1.807, 2.05) is 0 Å². The van der Waals surface area contributed by atoms with Crippen LogP contribution in [-0.4, -0.2) is 25.5 Å². The van der Waals surface area contributed by atoms with Crippen LogP contribution < -0.4 is 10.6 Å². The average molecular weight is 281 g/mol. The van der Waals surface area contributed by atoms with E-state index >= 15 is 0 Å². The highest BCUT2D eigenvalue weighted by atomic mass is 15.2. The van der Waals surface area contributed by atoms with E-state index in [1.54, 1.807) is 0 Å². The number of hydrogen-bond acceptors (Lipinski definition) is 3. The summed E-state index contributed by atoms with van der Waals surface area (Å²) in [6.45, 7) is 2.56. The minimum atomic E-state index is 0.282. The summed E-state index contributed by atoms with van der Waals surface area (Å²) in [5.74, 6) is 0. The highest BCUT2D eigenvalue weighted by Gasteiger charge is 2.29. The van der Waals surface area contributed by atoms with Crippen LogP contribution in [0.1, 0.15) is 22.7 Å². The molecule has 0 saturated heterocycles. The summed E-state index contributed by atoms with van der Waals surface area (Å²) in [5, 5.41) is 0. The van der Waals surface area contributed by atoms with E-state index < -0.39 is 0 Å². The highest BCUT2D eigenvalue weighted by Crippen LogP contribution is 2.37. The van der Waals surface area contributed by atoms with Crippen molar-refractivity contribution in [1.82, 2.24) is 4.90 Å². The molecule has 1 aliphatic rings. The zero-order chi connectivity index (χ0) is 14.8. The van der Waals surface area contributed by atoms with Crippen molar-refractivity contribution >= 4 is 5.69 Å². The van der Waals surface area contributed by atoms with Gasteiger partial charge in [-0.15, -0.1) is 0 Å². The molecule has 1 aliphatic heterocycles. The molecule has 0 aliphatic carbocycles. The molecule has 2 aromatic carbocycles. The molecule has 0 radical (unpaired) electrons. The summed E-state index contributed by atoms with van der Waals surface area (Å²) in [6.07, 6.45) is 0. The van der Waals surface area contributed by atoms with E-state index in [2.05, 4.69) is 72.4 Å². The first kappa shape index (κ1) is 14.1. The molecule has 3 nitrogen and oxygen atoms in total. The second kappa shape index (κ2) is 5.88.